The molecule has 0 atom stereocenters. The first kappa shape index (κ1) is 16.3. The first-order chi connectivity index (χ1) is 12.7. The molecule has 4 aromatic rings. The molecule has 1 heteroatoms. The van der Waals surface area contributed by atoms with Crippen LogP contribution in [-0.2, 0) is 0 Å². The quantitative estimate of drug-likeness (QED) is 0.406. The second kappa shape index (κ2) is 6.97. The molecule has 1 nitrogen and oxygen atoms in total. The number of benzene rings is 3. The third-order valence-corrected chi connectivity index (χ3v) is 4.75. The van der Waals surface area contributed by atoms with Gasteiger partial charge in [-0.3, -0.25) is 0 Å². The average Bonchev–Trinajstić information content (AvgIpc) is 2.70. The van der Waals surface area contributed by atoms with E-state index in [9.17, 15) is 0 Å². The smallest absolute Gasteiger partial charge is 0.0744 e. The van der Waals surface area contributed by atoms with E-state index in [1.807, 2.05) is 6.07 Å². The van der Waals surface area contributed by atoms with E-state index in [-0.39, 0.29) is 0 Å². The van der Waals surface area contributed by atoms with Crippen molar-refractivity contribution in [2.45, 2.75) is 13.8 Å². The van der Waals surface area contributed by atoms with Crippen molar-refractivity contribution in [1.82, 2.24) is 4.98 Å². The Balaban J connectivity index is 1.97. The number of rotatable bonds is 3. The molecule has 0 radical (unpaired) electrons. The van der Waals surface area contributed by atoms with E-state index < -0.39 is 0 Å². The molecule has 0 aliphatic heterocycles. The van der Waals surface area contributed by atoms with Crippen LogP contribution in [0.25, 0.3) is 33.6 Å². The van der Waals surface area contributed by atoms with Gasteiger partial charge in [0.2, 0.25) is 0 Å². The monoisotopic (exact) mass is 335 g/mol. The van der Waals surface area contributed by atoms with E-state index in [0.717, 1.165) is 22.5 Å². The first-order valence-electron chi connectivity index (χ1n) is 8.92. The molecular weight excluding hydrogens is 314 g/mol. The molecule has 0 aliphatic carbocycles. The first-order valence-corrected chi connectivity index (χ1v) is 8.92. The summed E-state index contributed by atoms with van der Waals surface area (Å²) in [5, 5.41) is 0. The Hall–Kier alpha value is -3.19. The SMILES string of the molecule is Cc1ccc(-c2cc(-c3ccccc3)c(C)c(-c3ccccc3)n2)cc1. The highest BCUT2D eigenvalue weighted by Gasteiger charge is 2.13. The van der Waals surface area contributed by atoms with Gasteiger partial charge in [-0.25, -0.2) is 4.98 Å². The lowest BCUT2D eigenvalue weighted by Crippen LogP contribution is -1.96. The second-order valence-electron chi connectivity index (χ2n) is 6.63. The minimum absolute atomic E-state index is 1.01. The maximum absolute atomic E-state index is 5.03. The molecule has 3 aromatic carbocycles. The molecule has 4 rings (SSSR count). The van der Waals surface area contributed by atoms with Gasteiger partial charge in [0.05, 0.1) is 11.4 Å². The maximum Gasteiger partial charge on any atom is 0.0744 e. The zero-order valence-electron chi connectivity index (χ0n) is 15.1. The Morgan fingerprint density at radius 3 is 1.77 bits per heavy atom. The number of aryl methyl sites for hydroxylation is 1. The normalized spacial score (nSPS) is 10.7. The molecule has 1 heterocycles. The molecule has 0 N–H and O–H groups in total. The van der Waals surface area contributed by atoms with Gasteiger partial charge >= 0.3 is 0 Å². The lowest BCUT2D eigenvalue weighted by atomic mass is 9.94. The van der Waals surface area contributed by atoms with Crippen molar-refractivity contribution < 1.29 is 0 Å². The number of aromatic nitrogens is 1. The van der Waals surface area contributed by atoms with Gasteiger partial charge in [0.1, 0.15) is 0 Å². The lowest BCUT2D eigenvalue weighted by Gasteiger charge is -2.15. The van der Waals surface area contributed by atoms with Crippen LogP contribution in [0.2, 0.25) is 0 Å². The zero-order chi connectivity index (χ0) is 17.9. The molecule has 0 saturated heterocycles. The fourth-order valence-electron chi connectivity index (χ4n) is 3.28. The molecule has 0 fully saturated rings. The Bertz CT molecular complexity index is 956. The van der Waals surface area contributed by atoms with Crippen molar-refractivity contribution in [3.63, 3.8) is 0 Å². The maximum atomic E-state index is 5.03. The number of hydrogen-bond donors (Lipinski definition) is 0. The van der Waals surface area contributed by atoms with Crippen molar-refractivity contribution in [1.29, 1.82) is 0 Å². The van der Waals surface area contributed by atoms with E-state index in [4.69, 9.17) is 4.98 Å². The molecule has 0 aliphatic rings. The van der Waals surface area contributed by atoms with Crippen LogP contribution in [0.4, 0.5) is 0 Å². The Labute approximate surface area is 155 Å². The second-order valence-corrected chi connectivity index (χ2v) is 6.63. The largest absolute Gasteiger partial charge is 0.247 e. The number of hydrogen-bond acceptors (Lipinski definition) is 1. The highest BCUT2D eigenvalue weighted by atomic mass is 14.7. The van der Waals surface area contributed by atoms with Crippen LogP contribution >= 0.6 is 0 Å². The topological polar surface area (TPSA) is 12.9 Å². The predicted octanol–water partition coefficient (Wildman–Crippen LogP) is 6.70. The van der Waals surface area contributed by atoms with Crippen LogP contribution in [-0.4, -0.2) is 4.98 Å². The molecule has 0 unspecified atom stereocenters. The van der Waals surface area contributed by atoms with Gasteiger partial charge < -0.3 is 0 Å². The van der Waals surface area contributed by atoms with Crippen LogP contribution in [0, 0.1) is 13.8 Å². The van der Waals surface area contributed by atoms with E-state index in [1.54, 1.807) is 0 Å². The molecule has 0 saturated carbocycles. The summed E-state index contributed by atoms with van der Waals surface area (Å²) in [5.74, 6) is 0. The van der Waals surface area contributed by atoms with E-state index >= 15 is 0 Å². The number of nitrogens with zero attached hydrogens (tertiary/aromatic N) is 1. The molecular formula is C25H21N. The highest BCUT2D eigenvalue weighted by molar-refractivity contribution is 5.80. The third-order valence-electron chi connectivity index (χ3n) is 4.75. The van der Waals surface area contributed by atoms with Gasteiger partial charge in [-0.05, 0) is 36.6 Å². The molecule has 0 amide bonds. The van der Waals surface area contributed by atoms with Gasteiger partial charge in [-0.2, -0.15) is 0 Å². The van der Waals surface area contributed by atoms with Crippen molar-refractivity contribution in [3.8, 4) is 33.6 Å². The molecule has 0 spiro atoms. The average molecular weight is 335 g/mol. The van der Waals surface area contributed by atoms with Crippen LogP contribution in [0.1, 0.15) is 11.1 Å². The lowest BCUT2D eigenvalue weighted by molar-refractivity contribution is 1.27. The minimum atomic E-state index is 1.01. The summed E-state index contributed by atoms with van der Waals surface area (Å²) in [6, 6.07) is 31.8. The van der Waals surface area contributed by atoms with Crippen LogP contribution in [0.3, 0.4) is 0 Å². The summed E-state index contributed by atoms with van der Waals surface area (Å²) < 4.78 is 0. The van der Waals surface area contributed by atoms with Gasteiger partial charge in [0.15, 0.2) is 0 Å². The Morgan fingerprint density at radius 2 is 1.15 bits per heavy atom. The summed E-state index contributed by atoms with van der Waals surface area (Å²) in [4.78, 5) is 5.03. The van der Waals surface area contributed by atoms with Crippen molar-refractivity contribution in [3.05, 3.63) is 102 Å². The zero-order valence-corrected chi connectivity index (χ0v) is 15.1. The predicted molar refractivity (Wildman–Crippen MR) is 110 cm³/mol. The molecule has 0 bridgehead atoms. The van der Waals surface area contributed by atoms with Gasteiger partial charge in [0.25, 0.3) is 0 Å². The molecule has 1 aromatic heterocycles. The number of pyridine rings is 1. The fraction of sp³-hybridized carbons (Fsp3) is 0.0800. The van der Waals surface area contributed by atoms with E-state index in [0.29, 0.717) is 0 Å². The van der Waals surface area contributed by atoms with Crippen LogP contribution in [0.5, 0.6) is 0 Å². The van der Waals surface area contributed by atoms with Crippen molar-refractivity contribution in [2.75, 3.05) is 0 Å². The van der Waals surface area contributed by atoms with Crippen LogP contribution in [0.15, 0.2) is 91.0 Å². The van der Waals surface area contributed by atoms with Gasteiger partial charge in [-0.15, -0.1) is 0 Å². The van der Waals surface area contributed by atoms with Crippen molar-refractivity contribution >= 4 is 0 Å². The summed E-state index contributed by atoms with van der Waals surface area (Å²) in [6.07, 6.45) is 0. The Kier molecular flexibility index (Phi) is 4.37. The van der Waals surface area contributed by atoms with Crippen LogP contribution < -0.4 is 0 Å². The van der Waals surface area contributed by atoms with Gasteiger partial charge in [0, 0.05) is 11.1 Å². The standard InChI is InChI=1S/C25H21N/c1-18-13-15-21(16-14-18)24-17-23(20-9-5-3-6-10-20)19(2)25(26-24)22-11-7-4-8-12-22/h3-17H,1-2H3. The summed E-state index contributed by atoms with van der Waals surface area (Å²) in [6.45, 7) is 4.27. The van der Waals surface area contributed by atoms with E-state index in [2.05, 4.69) is 98.8 Å². The van der Waals surface area contributed by atoms with Crippen molar-refractivity contribution in [2.24, 2.45) is 0 Å². The minimum Gasteiger partial charge on any atom is -0.247 e. The molecule has 126 valence electrons. The summed E-state index contributed by atoms with van der Waals surface area (Å²) >= 11 is 0. The van der Waals surface area contributed by atoms with Gasteiger partial charge in [-0.1, -0.05) is 90.5 Å². The summed E-state index contributed by atoms with van der Waals surface area (Å²) in [5.41, 5.74) is 9.26. The third kappa shape index (κ3) is 3.16. The Morgan fingerprint density at radius 1 is 0.577 bits per heavy atom. The summed E-state index contributed by atoms with van der Waals surface area (Å²) in [7, 11) is 0. The van der Waals surface area contributed by atoms with E-state index in [1.165, 1.54) is 22.3 Å². The molecule has 26 heavy (non-hydrogen) atoms. The fourth-order valence-corrected chi connectivity index (χ4v) is 3.28. The highest BCUT2D eigenvalue weighted by Crippen LogP contribution is 2.34.